The second kappa shape index (κ2) is 5.56. The topological polar surface area (TPSA) is 70.1 Å². The maximum Gasteiger partial charge on any atom is 0.410 e. The minimum Gasteiger partial charge on any atom is -0.444 e. The molecule has 0 aromatic carbocycles. The van der Waals surface area contributed by atoms with Crippen LogP contribution < -0.4 is 0 Å². The molecule has 1 fully saturated rings. The molecule has 1 saturated heterocycles. The molecule has 0 saturated carbocycles. The Bertz CT molecular complexity index is 315. The summed E-state index contributed by atoms with van der Waals surface area (Å²) in [4.78, 5) is 24.9. The second-order valence-electron chi connectivity index (χ2n) is 5.60. The molecule has 0 unspecified atom stereocenters. The lowest BCUT2D eigenvalue weighted by Gasteiger charge is -2.33. The van der Waals surface area contributed by atoms with Gasteiger partial charge in [0.2, 0.25) is 5.91 Å². The fraction of sp³-hybridized carbons (Fsp3) is 0.833. The van der Waals surface area contributed by atoms with Gasteiger partial charge in [-0.05, 0) is 33.6 Å². The van der Waals surface area contributed by atoms with Crippen LogP contribution in [0.4, 0.5) is 4.79 Å². The van der Waals surface area contributed by atoms with Gasteiger partial charge < -0.3 is 9.64 Å². The van der Waals surface area contributed by atoms with Crippen LogP contribution in [0.25, 0.3) is 0 Å². The van der Waals surface area contributed by atoms with Crippen molar-refractivity contribution in [3.63, 3.8) is 0 Å². The molecule has 0 aliphatic carbocycles. The molecule has 1 aliphatic heterocycles. The lowest BCUT2D eigenvalue weighted by Crippen LogP contribution is -2.44. The van der Waals surface area contributed by atoms with Crippen LogP contribution in [0, 0.1) is 5.92 Å². The summed E-state index contributed by atoms with van der Waals surface area (Å²) in [5.74, 6) is -0.502. The fourth-order valence-electron chi connectivity index (χ4n) is 1.90. The number of nitrogens with zero attached hydrogens (tertiary/aromatic N) is 2. The summed E-state index contributed by atoms with van der Waals surface area (Å²) in [6.45, 7) is 6.43. The molecular weight excluding hydrogens is 236 g/mol. The number of hydrogen-bond donors (Lipinski definition) is 1. The molecule has 0 bridgehead atoms. The monoisotopic (exact) mass is 258 g/mol. The Kier molecular flexibility index (Phi) is 4.56. The number of likely N-dealkylation sites (tertiary alicyclic amines) is 1. The normalized spacial score (nSPS) is 17.5. The quantitative estimate of drug-likeness (QED) is 0.571. The van der Waals surface area contributed by atoms with E-state index in [0.29, 0.717) is 31.0 Å². The van der Waals surface area contributed by atoms with Gasteiger partial charge in [0.25, 0.3) is 0 Å². The van der Waals surface area contributed by atoms with Gasteiger partial charge in [0.05, 0.1) is 0 Å². The van der Waals surface area contributed by atoms with E-state index in [1.165, 1.54) is 7.05 Å². The van der Waals surface area contributed by atoms with Crippen LogP contribution in [0.3, 0.4) is 0 Å². The second-order valence-corrected chi connectivity index (χ2v) is 5.60. The molecule has 104 valence electrons. The number of ether oxygens (including phenoxy) is 1. The van der Waals surface area contributed by atoms with Gasteiger partial charge >= 0.3 is 6.09 Å². The Morgan fingerprint density at radius 2 is 1.78 bits per heavy atom. The van der Waals surface area contributed by atoms with Gasteiger partial charge in [0.15, 0.2) is 0 Å². The first-order valence-electron chi connectivity index (χ1n) is 6.15. The smallest absolute Gasteiger partial charge is 0.410 e. The molecule has 1 N–H and O–H groups in total. The zero-order valence-electron chi connectivity index (χ0n) is 11.5. The number of rotatable bonds is 1. The van der Waals surface area contributed by atoms with Crippen molar-refractivity contribution in [2.45, 2.75) is 39.2 Å². The summed E-state index contributed by atoms with van der Waals surface area (Å²) in [6.07, 6.45) is 0.775. The van der Waals surface area contributed by atoms with E-state index in [0.717, 1.165) is 0 Å². The number of hydrogen-bond acceptors (Lipinski definition) is 4. The zero-order valence-corrected chi connectivity index (χ0v) is 11.5. The number of amides is 2. The predicted octanol–water partition coefficient (Wildman–Crippen LogP) is 1.48. The molecule has 0 radical (unpaired) electrons. The number of hydroxylamine groups is 2. The third-order valence-corrected chi connectivity index (χ3v) is 2.81. The zero-order chi connectivity index (χ0) is 13.9. The summed E-state index contributed by atoms with van der Waals surface area (Å²) in [6, 6.07) is 0. The molecule has 0 spiro atoms. The number of carbonyl (C=O) groups excluding carboxylic acids is 2. The minimum absolute atomic E-state index is 0.210. The van der Waals surface area contributed by atoms with Crippen molar-refractivity contribution in [3.8, 4) is 0 Å². The SMILES string of the molecule is CN(O)C(=O)C1CCN(C(=O)OC(C)(C)C)CC1. The Morgan fingerprint density at radius 1 is 1.28 bits per heavy atom. The highest BCUT2D eigenvalue weighted by molar-refractivity contribution is 5.78. The largest absolute Gasteiger partial charge is 0.444 e. The van der Waals surface area contributed by atoms with Gasteiger partial charge in [0, 0.05) is 26.1 Å². The van der Waals surface area contributed by atoms with Crippen LogP contribution in [-0.2, 0) is 9.53 Å². The van der Waals surface area contributed by atoms with E-state index in [4.69, 9.17) is 9.94 Å². The van der Waals surface area contributed by atoms with E-state index in [2.05, 4.69) is 0 Å². The lowest BCUT2D eigenvalue weighted by molar-refractivity contribution is -0.165. The maximum atomic E-state index is 11.8. The van der Waals surface area contributed by atoms with Crippen LogP contribution in [0.2, 0.25) is 0 Å². The number of carbonyl (C=O) groups is 2. The third-order valence-electron chi connectivity index (χ3n) is 2.81. The molecule has 0 aromatic heterocycles. The molecule has 18 heavy (non-hydrogen) atoms. The van der Waals surface area contributed by atoms with Crippen LogP contribution >= 0.6 is 0 Å². The highest BCUT2D eigenvalue weighted by Crippen LogP contribution is 2.20. The molecule has 2 amide bonds. The van der Waals surface area contributed by atoms with E-state index in [1.807, 2.05) is 20.8 Å². The molecular formula is C12H22N2O4. The molecule has 6 heteroatoms. The average Bonchev–Trinajstić information content (AvgIpc) is 2.26. The average molecular weight is 258 g/mol. The van der Waals surface area contributed by atoms with Gasteiger partial charge in [-0.3, -0.25) is 10.0 Å². The fourth-order valence-corrected chi connectivity index (χ4v) is 1.90. The summed E-state index contributed by atoms with van der Waals surface area (Å²) in [7, 11) is 1.32. The molecule has 0 aromatic rings. The summed E-state index contributed by atoms with van der Waals surface area (Å²) in [5.41, 5.74) is -0.505. The van der Waals surface area contributed by atoms with Crippen molar-refractivity contribution >= 4 is 12.0 Å². The summed E-state index contributed by atoms with van der Waals surface area (Å²) in [5, 5.41) is 9.70. The Labute approximate surface area is 107 Å². The van der Waals surface area contributed by atoms with Crippen molar-refractivity contribution in [2.24, 2.45) is 5.92 Å². The molecule has 6 nitrogen and oxygen atoms in total. The number of piperidine rings is 1. The van der Waals surface area contributed by atoms with Crippen molar-refractivity contribution in [1.29, 1.82) is 0 Å². The Balaban J connectivity index is 2.44. The highest BCUT2D eigenvalue weighted by Gasteiger charge is 2.30. The van der Waals surface area contributed by atoms with Crippen molar-refractivity contribution in [1.82, 2.24) is 9.96 Å². The van der Waals surface area contributed by atoms with Gasteiger partial charge in [-0.1, -0.05) is 0 Å². The first-order valence-corrected chi connectivity index (χ1v) is 6.15. The van der Waals surface area contributed by atoms with E-state index in [1.54, 1.807) is 4.90 Å². The van der Waals surface area contributed by atoms with Crippen LogP contribution in [0.15, 0.2) is 0 Å². The van der Waals surface area contributed by atoms with Crippen molar-refractivity contribution in [2.75, 3.05) is 20.1 Å². The molecule has 1 heterocycles. The predicted molar refractivity (Wildman–Crippen MR) is 65.1 cm³/mol. The summed E-state index contributed by atoms with van der Waals surface area (Å²) >= 11 is 0. The third kappa shape index (κ3) is 4.18. The molecule has 0 atom stereocenters. The minimum atomic E-state index is -0.505. The van der Waals surface area contributed by atoms with E-state index in [9.17, 15) is 9.59 Å². The molecule has 1 aliphatic rings. The Morgan fingerprint density at radius 3 is 2.17 bits per heavy atom. The maximum absolute atomic E-state index is 11.8. The Hall–Kier alpha value is -1.30. The first-order chi connectivity index (χ1) is 8.20. The lowest BCUT2D eigenvalue weighted by atomic mass is 9.96. The standard InChI is InChI=1S/C12H22N2O4/c1-12(2,3)18-11(16)14-7-5-9(6-8-14)10(15)13(4)17/h9,17H,5-8H2,1-4H3. The van der Waals surface area contributed by atoms with E-state index >= 15 is 0 Å². The first kappa shape index (κ1) is 14.8. The molecule has 1 rings (SSSR count). The van der Waals surface area contributed by atoms with Gasteiger partial charge in [-0.15, -0.1) is 0 Å². The van der Waals surface area contributed by atoms with Gasteiger partial charge in [0.1, 0.15) is 5.60 Å². The van der Waals surface area contributed by atoms with Crippen LogP contribution in [-0.4, -0.2) is 52.9 Å². The van der Waals surface area contributed by atoms with Crippen LogP contribution in [0.5, 0.6) is 0 Å². The van der Waals surface area contributed by atoms with Crippen molar-refractivity contribution < 1.29 is 19.5 Å². The van der Waals surface area contributed by atoms with Crippen LogP contribution in [0.1, 0.15) is 33.6 Å². The van der Waals surface area contributed by atoms with E-state index < -0.39 is 5.60 Å². The van der Waals surface area contributed by atoms with Gasteiger partial charge in [-0.25, -0.2) is 9.86 Å². The van der Waals surface area contributed by atoms with Gasteiger partial charge in [-0.2, -0.15) is 0 Å². The van der Waals surface area contributed by atoms with Crippen molar-refractivity contribution in [3.05, 3.63) is 0 Å². The van der Waals surface area contributed by atoms with E-state index in [-0.39, 0.29) is 17.9 Å². The highest BCUT2D eigenvalue weighted by atomic mass is 16.6. The summed E-state index contributed by atoms with van der Waals surface area (Å²) < 4.78 is 5.26.